The number of imidazole rings is 5. The maximum atomic E-state index is 5.65. The van der Waals surface area contributed by atoms with E-state index in [2.05, 4.69) is 94.6 Å². The van der Waals surface area contributed by atoms with Crippen LogP contribution in [0.3, 0.4) is 0 Å². The van der Waals surface area contributed by atoms with Crippen LogP contribution in [-0.2, 0) is 74.2 Å². The van der Waals surface area contributed by atoms with Crippen LogP contribution in [0.15, 0.2) is 118 Å². The van der Waals surface area contributed by atoms with E-state index in [1.165, 1.54) is 12.1 Å². The summed E-state index contributed by atoms with van der Waals surface area (Å²) in [7, 11) is 0. The molecule has 9 heterocycles. The molecule has 18 nitrogen and oxygen atoms in total. The van der Waals surface area contributed by atoms with Crippen molar-refractivity contribution in [3.05, 3.63) is 164 Å². The van der Waals surface area contributed by atoms with E-state index < -0.39 is 0 Å². The summed E-state index contributed by atoms with van der Waals surface area (Å²) >= 11 is 21.9. The van der Waals surface area contributed by atoms with Crippen molar-refractivity contribution in [2.24, 2.45) is 0 Å². The summed E-state index contributed by atoms with van der Waals surface area (Å²) in [4.78, 5) is 53.0. The van der Waals surface area contributed by atoms with Crippen molar-refractivity contribution in [3.63, 3.8) is 0 Å². The van der Waals surface area contributed by atoms with Gasteiger partial charge in [0.05, 0.1) is 31.6 Å². The Balaban J connectivity index is 0.000000364. The van der Waals surface area contributed by atoms with E-state index in [0.717, 1.165) is 5.82 Å². The predicted octanol–water partition coefficient (Wildman–Crippen LogP) is 4.86. The van der Waals surface area contributed by atoms with Crippen molar-refractivity contribution in [1.82, 2.24) is 88.0 Å². The molecule has 0 unspecified atom stereocenters. The number of aromatic amines is 1. The Labute approximate surface area is 392 Å². The van der Waals surface area contributed by atoms with Gasteiger partial charge < -0.3 is 63.1 Å². The van der Waals surface area contributed by atoms with Crippen LogP contribution in [0.5, 0.6) is 0 Å². The summed E-state index contributed by atoms with van der Waals surface area (Å²) in [6.45, 7) is 0. The average Bonchev–Trinajstić information content (AvgIpc) is 4.04. The fourth-order valence-electron chi connectivity index (χ4n) is 3.44. The van der Waals surface area contributed by atoms with Crippen molar-refractivity contribution in [3.8, 4) is 23.5 Å². The van der Waals surface area contributed by atoms with Crippen LogP contribution < -0.4 is 0 Å². The van der Waals surface area contributed by atoms with Crippen molar-refractivity contribution in [2.75, 3.05) is 0 Å². The van der Waals surface area contributed by atoms with Gasteiger partial charge in [-0.15, -0.1) is 70.7 Å². The van der Waals surface area contributed by atoms with Gasteiger partial charge in [0, 0.05) is 158 Å². The molecule has 9 aromatic rings. The van der Waals surface area contributed by atoms with Gasteiger partial charge in [0.2, 0.25) is 0 Å². The molecule has 0 saturated heterocycles. The fourth-order valence-corrected chi connectivity index (χ4v) is 4.01. The zero-order valence-corrected chi connectivity index (χ0v) is 37.0. The number of nitrogens with zero attached hydrogens (tertiary/aromatic N) is 17. The van der Waals surface area contributed by atoms with Gasteiger partial charge in [-0.1, -0.05) is 24.8 Å². The number of nitrogens with one attached hydrogen (secondary N) is 1. The van der Waals surface area contributed by atoms with Crippen molar-refractivity contribution < 1.29 is 74.2 Å². The minimum absolute atomic E-state index is 0. The van der Waals surface area contributed by atoms with Crippen molar-refractivity contribution in [2.45, 2.75) is 0 Å². The predicted molar refractivity (Wildman–Crippen MR) is 191 cm³/mol. The van der Waals surface area contributed by atoms with Crippen LogP contribution in [0.1, 0.15) is 0 Å². The molecular weight excluding hydrogens is 970 g/mol. The summed E-state index contributed by atoms with van der Waals surface area (Å²) in [5.41, 5.74) is 0. The molecule has 57 heavy (non-hydrogen) atoms. The largest absolute Gasteiger partial charge is 0.359 e. The molecule has 0 aliphatic heterocycles. The monoisotopic (exact) mass is 988 g/mol. The van der Waals surface area contributed by atoms with E-state index in [4.69, 9.17) is 46.4 Å². The molecule has 0 aliphatic rings. The molecule has 9 aromatic heterocycles. The van der Waals surface area contributed by atoms with Crippen LogP contribution in [0.2, 0.25) is 20.9 Å². The third-order valence-electron chi connectivity index (χ3n) is 5.64. The van der Waals surface area contributed by atoms with Crippen LogP contribution in [0, 0.1) is 24.8 Å². The third kappa shape index (κ3) is 17.9. The Morgan fingerprint density at radius 3 is 1.23 bits per heavy atom. The zero-order chi connectivity index (χ0) is 37.1. The van der Waals surface area contributed by atoms with Gasteiger partial charge in [-0.3, -0.25) is 0 Å². The number of H-pyrrole nitrogens is 1. The van der Waals surface area contributed by atoms with E-state index in [0.29, 0.717) is 28.0 Å². The number of rotatable bonds is 4. The van der Waals surface area contributed by atoms with Gasteiger partial charge >= 0.3 is 0 Å². The minimum atomic E-state index is 0. The molecule has 0 aliphatic carbocycles. The van der Waals surface area contributed by atoms with Crippen molar-refractivity contribution in [1.29, 1.82) is 0 Å². The molecule has 0 saturated carbocycles. The molecule has 0 amide bonds. The molecule has 4 radical (unpaired) electrons. The van der Waals surface area contributed by atoms with Gasteiger partial charge in [-0.2, -0.15) is 0 Å². The molecule has 9 rings (SSSR count). The van der Waals surface area contributed by atoms with E-state index in [-0.39, 0.29) is 84.8 Å². The number of hydrogen-bond donors (Lipinski definition) is 1. The second-order valence-electron chi connectivity index (χ2n) is 9.13. The Morgan fingerprint density at radius 1 is 0.439 bits per heavy atom. The van der Waals surface area contributed by atoms with E-state index in [1.54, 1.807) is 118 Å². The molecule has 0 spiro atoms. The first-order valence-corrected chi connectivity index (χ1v) is 15.9. The maximum Gasteiger partial charge on any atom is 0.120 e. The van der Waals surface area contributed by atoms with Crippen LogP contribution >= 0.6 is 46.4 Å². The second kappa shape index (κ2) is 28.3. The molecule has 0 bridgehead atoms. The summed E-state index contributed by atoms with van der Waals surface area (Å²) in [5.74, 6) is 2.38. The van der Waals surface area contributed by atoms with E-state index >= 15 is 0 Å². The van der Waals surface area contributed by atoms with Crippen molar-refractivity contribution >= 4 is 46.4 Å². The standard InChI is InChI=1S/C10H7N6.2C7H4ClN4.C4HCl2N2.C3H4N2.4V/c1-2-13-10(16-6-4-12-8-16)14-9(1)15-5-3-11-7-15;8-7-10-2-1-6(11-7)12-4-3-9-5-12;8-6-1-2-10-7(11-6)12-4-3-9-5-12;5-3-1-2-7-4(6)8-3;1-2-5-3-4-1;;;;/h1,3-8H;2*1,3-5H;1H;1-3H,(H,4,5);;;;/q4*-1;;;;;. The Hall–Kier alpha value is -4.13. The first-order chi connectivity index (χ1) is 25.9. The third-order valence-corrected chi connectivity index (χ3v) is 6.36. The fraction of sp³-hybridized carbons (Fsp3) is 0. The summed E-state index contributed by atoms with van der Waals surface area (Å²) in [5, 5.41) is 0.984. The van der Waals surface area contributed by atoms with Gasteiger partial charge in [-0.05, 0) is 0 Å². The first kappa shape index (κ1) is 50.9. The number of halogens is 4. The van der Waals surface area contributed by atoms with Gasteiger partial charge in [-0.25, -0.2) is 24.9 Å². The molecular formula is C31H20Cl4N18V4-4. The Bertz CT molecular complexity index is 2160. The summed E-state index contributed by atoms with van der Waals surface area (Å²) in [6.07, 6.45) is 35.9. The Kier molecular flexibility index (Phi) is 25.3. The molecule has 0 aromatic carbocycles. The summed E-state index contributed by atoms with van der Waals surface area (Å²) < 4.78 is 6.89. The second-order valence-corrected chi connectivity index (χ2v) is 10.6. The smallest absolute Gasteiger partial charge is 0.120 e. The van der Waals surface area contributed by atoms with Crippen LogP contribution in [-0.4, -0.2) is 88.0 Å². The first-order valence-electron chi connectivity index (χ1n) is 14.4. The molecule has 0 atom stereocenters. The molecule has 286 valence electrons. The van der Waals surface area contributed by atoms with E-state index in [1.807, 2.05) is 6.20 Å². The summed E-state index contributed by atoms with van der Waals surface area (Å²) in [6, 6.07) is 6.27. The van der Waals surface area contributed by atoms with Crippen LogP contribution in [0.4, 0.5) is 0 Å². The minimum Gasteiger partial charge on any atom is -0.359 e. The quantitative estimate of drug-likeness (QED) is 0.142. The SMILES string of the molecule is Clc1c[c-]nc(-n2ccnc2)n1.Clc1c[c-]nc(Cl)n1.Clc1n[c-]cc(-n2ccnc2)n1.[V].[V].[V].[V].[c-]1cc(-n2ccnc2)nc(-n2ccnc2)n1.c1c[nH]cn1. The number of hydrogen-bond acceptors (Lipinski definition) is 13. The molecule has 0 fully saturated rings. The van der Waals surface area contributed by atoms with Gasteiger partial charge in [0.1, 0.15) is 22.5 Å². The van der Waals surface area contributed by atoms with E-state index in [9.17, 15) is 0 Å². The average molecular weight is 990 g/mol. The molecule has 26 heteroatoms. The van der Waals surface area contributed by atoms with Gasteiger partial charge in [0.25, 0.3) is 0 Å². The normalized spacial score (nSPS) is 9.19. The maximum absolute atomic E-state index is 5.65. The van der Waals surface area contributed by atoms with Gasteiger partial charge in [0.15, 0.2) is 0 Å². The zero-order valence-electron chi connectivity index (χ0n) is 28.4. The van der Waals surface area contributed by atoms with Crippen LogP contribution in [0.25, 0.3) is 23.5 Å². The Morgan fingerprint density at radius 2 is 0.860 bits per heavy atom. The number of aromatic nitrogens is 18. The topological polar surface area (TPSA) is 203 Å². The molecule has 1 N–H and O–H groups in total.